The molecule has 1 aromatic heterocycles. The quantitative estimate of drug-likeness (QED) is 0.688. The monoisotopic (exact) mass is 308 g/mol. The SMILES string of the molecule is Clc1cc2c(cc1C(c1ccccc1)n1ccnc1)CCC2. The third-order valence-electron chi connectivity index (χ3n) is 4.44. The van der Waals surface area contributed by atoms with Gasteiger partial charge in [0.2, 0.25) is 0 Å². The van der Waals surface area contributed by atoms with Crippen molar-refractivity contribution in [1.29, 1.82) is 0 Å². The molecule has 1 aliphatic rings. The van der Waals surface area contributed by atoms with E-state index >= 15 is 0 Å². The van der Waals surface area contributed by atoms with E-state index in [4.69, 9.17) is 11.6 Å². The Morgan fingerprint density at radius 1 is 1.05 bits per heavy atom. The van der Waals surface area contributed by atoms with E-state index in [9.17, 15) is 0 Å². The van der Waals surface area contributed by atoms with E-state index in [0.717, 1.165) is 23.4 Å². The van der Waals surface area contributed by atoms with E-state index in [0.29, 0.717) is 0 Å². The van der Waals surface area contributed by atoms with Crippen molar-refractivity contribution in [3.8, 4) is 0 Å². The van der Waals surface area contributed by atoms with Crippen LogP contribution in [0.5, 0.6) is 0 Å². The molecule has 110 valence electrons. The molecule has 0 radical (unpaired) electrons. The molecule has 0 fully saturated rings. The first-order valence-corrected chi connectivity index (χ1v) is 8.04. The summed E-state index contributed by atoms with van der Waals surface area (Å²) in [5, 5.41) is 0.850. The number of hydrogen-bond donors (Lipinski definition) is 0. The number of halogens is 1. The summed E-state index contributed by atoms with van der Waals surface area (Å²) < 4.78 is 2.12. The average Bonchev–Trinajstić information content (AvgIpc) is 3.20. The maximum Gasteiger partial charge on any atom is 0.0954 e. The molecular formula is C19H17ClN2. The molecule has 0 saturated heterocycles. The highest BCUT2D eigenvalue weighted by Gasteiger charge is 2.22. The van der Waals surface area contributed by atoms with Crippen LogP contribution < -0.4 is 0 Å². The maximum absolute atomic E-state index is 6.64. The molecule has 2 aromatic carbocycles. The fourth-order valence-electron chi connectivity index (χ4n) is 3.39. The van der Waals surface area contributed by atoms with Crippen molar-refractivity contribution in [3.05, 3.63) is 88.5 Å². The van der Waals surface area contributed by atoms with Crippen LogP contribution in [0.4, 0.5) is 0 Å². The molecule has 0 bridgehead atoms. The van der Waals surface area contributed by atoms with Gasteiger partial charge in [-0.2, -0.15) is 0 Å². The van der Waals surface area contributed by atoms with Crippen LogP contribution in [0.15, 0.2) is 61.2 Å². The molecule has 0 amide bonds. The van der Waals surface area contributed by atoms with Gasteiger partial charge in [-0.25, -0.2) is 4.98 Å². The molecule has 1 unspecified atom stereocenters. The molecule has 3 aromatic rings. The van der Waals surface area contributed by atoms with Crippen LogP contribution in [0.2, 0.25) is 5.02 Å². The van der Waals surface area contributed by atoms with Gasteiger partial charge in [0.05, 0.1) is 12.4 Å². The van der Waals surface area contributed by atoms with Gasteiger partial charge >= 0.3 is 0 Å². The Bertz CT molecular complexity index is 779. The second-order valence-electron chi connectivity index (χ2n) is 5.82. The van der Waals surface area contributed by atoms with E-state index in [1.54, 1.807) is 0 Å². The fourth-order valence-corrected chi connectivity index (χ4v) is 3.68. The maximum atomic E-state index is 6.64. The summed E-state index contributed by atoms with van der Waals surface area (Å²) in [4.78, 5) is 4.22. The van der Waals surface area contributed by atoms with Crippen molar-refractivity contribution < 1.29 is 0 Å². The number of rotatable bonds is 3. The number of aryl methyl sites for hydroxylation is 2. The van der Waals surface area contributed by atoms with E-state index < -0.39 is 0 Å². The lowest BCUT2D eigenvalue weighted by molar-refractivity contribution is 0.676. The lowest BCUT2D eigenvalue weighted by atomic mass is 9.95. The summed E-state index contributed by atoms with van der Waals surface area (Å²) in [7, 11) is 0. The summed E-state index contributed by atoms with van der Waals surface area (Å²) >= 11 is 6.64. The van der Waals surface area contributed by atoms with E-state index in [-0.39, 0.29) is 6.04 Å². The van der Waals surface area contributed by atoms with Crippen molar-refractivity contribution in [2.45, 2.75) is 25.3 Å². The number of fused-ring (bicyclic) bond motifs is 1. The van der Waals surface area contributed by atoms with Gasteiger partial charge in [0, 0.05) is 17.4 Å². The third-order valence-corrected chi connectivity index (χ3v) is 4.77. The third kappa shape index (κ3) is 2.34. The molecule has 1 atom stereocenters. The Morgan fingerprint density at radius 2 is 1.82 bits per heavy atom. The van der Waals surface area contributed by atoms with Gasteiger partial charge in [0.15, 0.2) is 0 Å². The van der Waals surface area contributed by atoms with Crippen LogP contribution in [-0.4, -0.2) is 9.55 Å². The van der Waals surface area contributed by atoms with Gasteiger partial charge in [-0.15, -0.1) is 0 Å². The summed E-state index contributed by atoms with van der Waals surface area (Å²) in [6.07, 6.45) is 9.22. The van der Waals surface area contributed by atoms with Crippen molar-refractivity contribution >= 4 is 11.6 Å². The van der Waals surface area contributed by atoms with Crippen LogP contribution in [-0.2, 0) is 12.8 Å². The average molecular weight is 309 g/mol. The first kappa shape index (κ1) is 13.6. The molecule has 1 aliphatic carbocycles. The van der Waals surface area contributed by atoms with Gasteiger partial charge in [-0.3, -0.25) is 0 Å². The summed E-state index contributed by atoms with van der Waals surface area (Å²) in [6, 6.07) is 15.0. The second kappa shape index (κ2) is 5.62. The predicted octanol–water partition coefficient (Wildman–Crippen LogP) is 4.66. The first-order chi connectivity index (χ1) is 10.8. The molecule has 22 heavy (non-hydrogen) atoms. The van der Waals surface area contributed by atoms with Gasteiger partial charge in [0.1, 0.15) is 0 Å². The molecule has 1 heterocycles. The normalized spacial score (nSPS) is 14.8. The highest BCUT2D eigenvalue weighted by molar-refractivity contribution is 6.31. The number of nitrogens with zero attached hydrogens (tertiary/aromatic N) is 2. The van der Waals surface area contributed by atoms with E-state index in [2.05, 4.69) is 45.9 Å². The molecule has 0 aliphatic heterocycles. The number of benzene rings is 2. The zero-order valence-electron chi connectivity index (χ0n) is 12.2. The van der Waals surface area contributed by atoms with Crippen LogP contribution in [0.1, 0.15) is 34.7 Å². The highest BCUT2D eigenvalue weighted by Crippen LogP contribution is 2.36. The molecule has 3 heteroatoms. The summed E-state index contributed by atoms with van der Waals surface area (Å²) in [5.41, 5.74) is 5.23. The molecule has 4 rings (SSSR count). The largest absolute Gasteiger partial charge is 0.326 e. The standard InChI is InChI=1S/C19H17ClN2/c20-18-12-16-8-4-7-15(16)11-17(18)19(22-10-9-21-13-22)14-5-2-1-3-6-14/h1-3,5-6,9-13,19H,4,7-8H2. The Hall–Kier alpha value is -2.06. The van der Waals surface area contributed by atoms with E-state index in [1.165, 1.54) is 23.1 Å². The van der Waals surface area contributed by atoms with Crippen molar-refractivity contribution in [3.63, 3.8) is 0 Å². The van der Waals surface area contributed by atoms with Gasteiger partial charge in [-0.05, 0) is 47.6 Å². The van der Waals surface area contributed by atoms with Crippen LogP contribution in [0, 0.1) is 0 Å². The summed E-state index contributed by atoms with van der Waals surface area (Å²) in [5.74, 6) is 0. The van der Waals surface area contributed by atoms with Gasteiger partial charge in [-0.1, -0.05) is 48.0 Å². The van der Waals surface area contributed by atoms with Crippen molar-refractivity contribution in [2.75, 3.05) is 0 Å². The van der Waals surface area contributed by atoms with E-state index in [1.807, 2.05) is 24.8 Å². The van der Waals surface area contributed by atoms with Gasteiger partial charge in [0.25, 0.3) is 0 Å². The lowest BCUT2D eigenvalue weighted by Gasteiger charge is -2.22. The minimum Gasteiger partial charge on any atom is -0.326 e. The number of imidazole rings is 1. The van der Waals surface area contributed by atoms with Crippen molar-refractivity contribution in [2.24, 2.45) is 0 Å². The second-order valence-corrected chi connectivity index (χ2v) is 6.23. The Labute approximate surface area is 135 Å². The zero-order chi connectivity index (χ0) is 14.9. The number of aromatic nitrogens is 2. The van der Waals surface area contributed by atoms with Crippen LogP contribution in [0.25, 0.3) is 0 Å². The summed E-state index contributed by atoms with van der Waals surface area (Å²) in [6.45, 7) is 0. The van der Waals surface area contributed by atoms with Crippen LogP contribution >= 0.6 is 11.6 Å². The predicted molar refractivity (Wildman–Crippen MR) is 89.4 cm³/mol. The number of hydrogen-bond acceptors (Lipinski definition) is 1. The smallest absolute Gasteiger partial charge is 0.0954 e. The molecule has 2 nitrogen and oxygen atoms in total. The Kier molecular flexibility index (Phi) is 3.47. The van der Waals surface area contributed by atoms with Crippen molar-refractivity contribution in [1.82, 2.24) is 9.55 Å². The highest BCUT2D eigenvalue weighted by atomic mass is 35.5. The molecule has 0 saturated carbocycles. The fraction of sp³-hybridized carbons (Fsp3) is 0.211. The molecule has 0 N–H and O–H groups in total. The van der Waals surface area contributed by atoms with Gasteiger partial charge < -0.3 is 4.57 Å². The Morgan fingerprint density at radius 3 is 2.55 bits per heavy atom. The first-order valence-electron chi connectivity index (χ1n) is 7.66. The minimum atomic E-state index is 0.0714. The van der Waals surface area contributed by atoms with Crippen LogP contribution in [0.3, 0.4) is 0 Å². The minimum absolute atomic E-state index is 0.0714. The molecular weight excluding hydrogens is 292 g/mol. The molecule has 0 spiro atoms. The Balaban J connectivity index is 1.89. The lowest BCUT2D eigenvalue weighted by Crippen LogP contribution is -2.11. The zero-order valence-corrected chi connectivity index (χ0v) is 13.0. The topological polar surface area (TPSA) is 17.8 Å².